The highest BCUT2D eigenvalue weighted by atomic mass is 31.2. The Morgan fingerprint density at radius 3 is 1.44 bits per heavy atom. The fraction of sp³-hybridized carbons (Fsp3) is 0.687. The largest absolute Gasteiger partial charge is 0.462 e. The van der Waals surface area contributed by atoms with Crippen LogP contribution in [0.2, 0.25) is 0 Å². The molecule has 1 aliphatic heterocycles. The van der Waals surface area contributed by atoms with E-state index in [-0.39, 0.29) is 31.8 Å². The SMILES string of the molecule is CCCCCCCCCCCCCC(=O)O[C@H](CCCCCCCCCCC)CC(=O)O[C@H]1[C@H](OP(=O)(c2ccccc2)c2ccccc2)[C@@H](CF)OC(O)[C@@H]1NC(=O)C[C@H](CCCCCCCCCCC)OCc1ccccc1. The molecular formula is C67H105FNO10P. The summed E-state index contributed by atoms with van der Waals surface area (Å²) >= 11 is 0. The Morgan fingerprint density at radius 2 is 0.975 bits per heavy atom. The van der Waals surface area contributed by atoms with Gasteiger partial charge in [0, 0.05) is 17.0 Å². The molecule has 3 aromatic carbocycles. The summed E-state index contributed by atoms with van der Waals surface area (Å²) in [6.07, 6.45) is 25.7. The summed E-state index contributed by atoms with van der Waals surface area (Å²) in [5.74, 6) is -1.70. The Labute approximate surface area is 482 Å². The lowest BCUT2D eigenvalue weighted by Crippen LogP contribution is -2.65. The second kappa shape index (κ2) is 42.8. The van der Waals surface area contributed by atoms with Crippen LogP contribution in [0.15, 0.2) is 91.0 Å². The molecule has 1 aliphatic rings. The van der Waals surface area contributed by atoms with Crippen LogP contribution in [0, 0.1) is 0 Å². The Bertz CT molecular complexity index is 2040. The maximum absolute atomic E-state index is 15.6. The normalized spacial score (nSPS) is 18.1. The Morgan fingerprint density at radius 1 is 0.550 bits per heavy atom. The van der Waals surface area contributed by atoms with Crippen molar-refractivity contribution in [2.24, 2.45) is 0 Å². The molecule has 450 valence electrons. The summed E-state index contributed by atoms with van der Waals surface area (Å²) in [5.41, 5.74) is 0.961. The molecule has 0 spiro atoms. The van der Waals surface area contributed by atoms with Gasteiger partial charge in [-0.2, -0.15) is 0 Å². The quantitative estimate of drug-likeness (QED) is 0.0318. The smallest absolute Gasteiger partial charge is 0.310 e. The minimum atomic E-state index is -4.12. The number of halogens is 1. The van der Waals surface area contributed by atoms with E-state index in [1.165, 1.54) is 109 Å². The number of alkyl halides is 1. The van der Waals surface area contributed by atoms with Crippen LogP contribution >= 0.6 is 7.37 Å². The van der Waals surface area contributed by atoms with Crippen LogP contribution in [0.4, 0.5) is 4.39 Å². The van der Waals surface area contributed by atoms with Crippen molar-refractivity contribution < 1.29 is 51.9 Å². The summed E-state index contributed by atoms with van der Waals surface area (Å²) in [4.78, 5) is 42.5. The minimum Gasteiger partial charge on any atom is -0.462 e. The van der Waals surface area contributed by atoms with Crippen molar-refractivity contribution in [1.29, 1.82) is 0 Å². The summed E-state index contributed by atoms with van der Waals surface area (Å²) in [5, 5.41) is 15.3. The molecule has 0 saturated carbocycles. The molecule has 0 aromatic heterocycles. The van der Waals surface area contributed by atoms with Gasteiger partial charge >= 0.3 is 11.9 Å². The van der Waals surface area contributed by atoms with Crippen molar-refractivity contribution in [3.05, 3.63) is 96.6 Å². The van der Waals surface area contributed by atoms with Crippen LogP contribution in [0.3, 0.4) is 0 Å². The minimum absolute atomic E-state index is 0.0891. The first-order chi connectivity index (χ1) is 39.1. The van der Waals surface area contributed by atoms with Crippen LogP contribution in [-0.4, -0.2) is 72.5 Å². The van der Waals surface area contributed by atoms with Gasteiger partial charge in [0.2, 0.25) is 5.91 Å². The number of hydrogen-bond donors (Lipinski definition) is 2. The topological polar surface area (TPSA) is 147 Å². The first-order valence-corrected chi connectivity index (χ1v) is 33.4. The van der Waals surface area contributed by atoms with Crippen molar-refractivity contribution in [3.8, 4) is 0 Å². The van der Waals surface area contributed by atoms with Crippen LogP contribution in [0.1, 0.15) is 245 Å². The van der Waals surface area contributed by atoms with E-state index in [1.54, 1.807) is 60.7 Å². The van der Waals surface area contributed by atoms with Crippen LogP contribution in [-0.2, 0) is 49.0 Å². The average molecular weight is 1130 g/mol. The molecule has 1 amide bonds. The van der Waals surface area contributed by atoms with Gasteiger partial charge in [-0.1, -0.05) is 261 Å². The zero-order chi connectivity index (χ0) is 57.3. The lowest BCUT2D eigenvalue weighted by Gasteiger charge is -2.44. The lowest BCUT2D eigenvalue weighted by atomic mass is 9.96. The van der Waals surface area contributed by atoms with Crippen molar-refractivity contribution in [2.75, 3.05) is 6.67 Å². The highest BCUT2D eigenvalue weighted by molar-refractivity contribution is 7.74. The lowest BCUT2D eigenvalue weighted by molar-refractivity contribution is -0.250. The molecule has 4 rings (SSSR count). The monoisotopic (exact) mass is 1130 g/mol. The zero-order valence-corrected chi connectivity index (χ0v) is 50.5. The third-order valence-electron chi connectivity index (χ3n) is 15.6. The second-order valence-corrected chi connectivity index (χ2v) is 24.9. The van der Waals surface area contributed by atoms with Crippen molar-refractivity contribution in [3.63, 3.8) is 0 Å². The Balaban J connectivity index is 1.57. The number of benzene rings is 3. The summed E-state index contributed by atoms with van der Waals surface area (Å²) in [6.45, 7) is 5.75. The molecule has 1 fully saturated rings. The van der Waals surface area contributed by atoms with E-state index >= 15 is 8.96 Å². The molecule has 2 N–H and O–H groups in total. The molecule has 0 bridgehead atoms. The third kappa shape index (κ3) is 27.9. The Hall–Kier alpha value is -3.93. The fourth-order valence-corrected chi connectivity index (χ4v) is 13.0. The van der Waals surface area contributed by atoms with E-state index in [9.17, 15) is 19.5 Å². The van der Waals surface area contributed by atoms with Gasteiger partial charge in [-0.25, -0.2) is 4.39 Å². The number of rotatable bonds is 47. The van der Waals surface area contributed by atoms with E-state index in [1.807, 2.05) is 30.3 Å². The van der Waals surface area contributed by atoms with Gasteiger partial charge < -0.3 is 33.9 Å². The van der Waals surface area contributed by atoms with Crippen LogP contribution in [0.25, 0.3) is 0 Å². The van der Waals surface area contributed by atoms with Gasteiger partial charge in [0.1, 0.15) is 31.0 Å². The van der Waals surface area contributed by atoms with Crippen molar-refractivity contribution >= 4 is 35.8 Å². The highest BCUT2D eigenvalue weighted by Gasteiger charge is 2.52. The zero-order valence-electron chi connectivity index (χ0n) is 49.6. The number of aliphatic hydroxyl groups excluding tert-OH is 1. The highest BCUT2D eigenvalue weighted by Crippen LogP contribution is 2.48. The molecule has 3 aromatic rings. The molecule has 13 heteroatoms. The number of hydrogen-bond acceptors (Lipinski definition) is 10. The molecule has 7 atom stereocenters. The number of nitrogens with one attached hydrogen (secondary N) is 1. The van der Waals surface area contributed by atoms with Gasteiger partial charge in [0.25, 0.3) is 7.37 Å². The number of carbonyl (C=O) groups is 3. The van der Waals surface area contributed by atoms with E-state index in [2.05, 4.69) is 26.1 Å². The van der Waals surface area contributed by atoms with Gasteiger partial charge in [-0.3, -0.25) is 18.9 Å². The van der Waals surface area contributed by atoms with E-state index in [0.29, 0.717) is 29.9 Å². The molecule has 0 radical (unpaired) electrons. The number of ether oxygens (including phenoxy) is 4. The number of esters is 2. The molecule has 11 nitrogen and oxygen atoms in total. The van der Waals surface area contributed by atoms with Gasteiger partial charge in [-0.15, -0.1) is 0 Å². The maximum Gasteiger partial charge on any atom is 0.310 e. The first-order valence-electron chi connectivity index (χ1n) is 31.7. The van der Waals surface area contributed by atoms with Crippen molar-refractivity contribution in [2.45, 2.75) is 289 Å². The molecule has 1 unspecified atom stereocenters. The van der Waals surface area contributed by atoms with E-state index < -0.39 is 68.8 Å². The second-order valence-electron chi connectivity index (χ2n) is 22.5. The molecule has 0 aliphatic carbocycles. The fourth-order valence-electron chi connectivity index (χ4n) is 10.8. The first kappa shape index (κ1) is 68.6. The summed E-state index contributed by atoms with van der Waals surface area (Å²) < 4.78 is 62.4. The van der Waals surface area contributed by atoms with Gasteiger partial charge in [-0.05, 0) is 55.5 Å². The summed E-state index contributed by atoms with van der Waals surface area (Å²) in [7, 11) is -4.12. The number of unbranched alkanes of at least 4 members (excludes halogenated alkanes) is 26. The summed E-state index contributed by atoms with van der Waals surface area (Å²) in [6, 6.07) is 25.3. The Kier molecular flexibility index (Phi) is 36.7. The van der Waals surface area contributed by atoms with Gasteiger partial charge in [0.05, 0.1) is 25.6 Å². The number of aliphatic hydroxyl groups is 1. The van der Waals surface area contributed by atoms with E-state index in [4.69, 9.17) is 23.5 Å². The molecule has 1 heterocycles. The van der Waals surface area contributed by atoms with Crippen LogP contribution in [0.5, 0.6) is 0 Å². The average Bonchev–Trinajstić information content (AvgIpc) is 3.54. The number of carbonyl (C=O) groups excluding carboxylic acids is 3. The molecule has 1 saturated heterocycles. The third-order valence-corrected chi connectivity index (χ3v) is 18.0. The standard InChI is InChI=1S/C67H105FNO10P/c1-4-7-10-13-16-19-20-23-26-29-41-50-62(71)76-57(45-36-28-25-22-18-15-12-9-6-3)52-63(72)78-66-64(67(73)77-60(53-68)65(66)79-80(74,58-46-37-31-38-47-58)59-48-39-32-40-49-59)69-61(70)51-56(75-54-55-42-33-30-34-43-55)44-35-27-24-21-17-14-11-8-5-2/h30-34,37-40,42-43,46-49,56-57,60,64-67,73H,4-29,35-36,41,44-45,50-54H2,1-3H3,(H,69,70)/t56-,57+,60+,64+,65+,66+,67?/m0/s1. The number of amides is 1. The molecular weight excluding hydrogens is 1030 g/mol. The van der Waals surface area contributed by atoms with E-state index in [0.717, 1.165) is 76.2 Å². The van der Waals surface area contributed by atoms with Crippen LogP contribution < -0.4 is 15.9 Å². The van der Waals surface area contributed by atoms with Gasteiger partial charge in [0.15, 0.2) is 12.4 Å². The predicted octanol–water partition coefficient (Wildman–Crippen LogP) is 16.2. The maximum atomic E-state index is 15.6. The predicted molar refractivity (Wildman–Crippen MR) is 322 cm³/mol. The molecule has 80 heavy (non-hydrogen) atoms. The van der Waals surface area contributed by atoms with Crippen molar-refractivity contribution in [1.82, 2.24) is 5.32 Å².